The molecule has 0 amide bonds. The number of carboxylic acid groups (broad SMARTS) is 1. The van der Waals surface area contributed by atoms with Crippen molar-refractivity contribution < 1.29 is 9.90 Å². The van der Waals surface area contributed by atoms with Crippen LogP contribution in [0.15, 0.2) is 0 Å². The van der Waals surface area contributed by atoms with Crippen molar-refractivity contribution in [1.82, 2.24) is 9.78 Å². The van der Waals surface area contributed by atoms with Gasteiger partial charge < -0.3 is 10.8 Å². The molecule has 5 nitrogen and oxygen atoms in total. The van der Waals surface area contributed by atoms with Gasteiger partial charge in [-0.1, -0.05) is 11.6 Å². The molecule has 3 N–H and O–H groups in total. The maximum Gasteiger partial charge on any atom is 0.313 e. The summed E-state index contributed by atoms with van der Waals surface area (Å²) in [4.78, 5) is 10.9. The van der Waals surface area contributed by atoms with Crippen LogP contribution in [0.3, 0.4) is 0 Å². The van der Waals surface area contributed by atoms with E-state index >= 15 is 0 Å². The van der Waals surface area contributed by atoms with Crippen molar-refractivity contribution in [2.24, 2.45) is 12.8 Å². The summed E-state index contributed by atoms with van der Waals surface area (Å²) in [5.41, 5.74) is 6.44. The Labute approximate surface area is 86.5 Å². The monoisotopic (exact) mass is 217 g/mol. The van der Waals surface area contributed by atoms with E-state index in [1.807, 2.05) is 0 Å². The number of carboxylic acids is 1. The van der Waals surface area contributed by atoms with E-state index in [0.717, 1.165) is 0 Å². The average Bonchev–Trinajstić information content (AvgIpc) is 2.32. The van der Waals surface area contributed by atoms with E-state index in [1.165, 1.54) is 4.68 Å². The Bertz CT molecular complexity index is 362. The molecule has 0 aliphatic carbocycles. The molecule has 0 saturated heterocycles. The zero-order valence-electron chi connectivity index (χ0n) is 7.99. The Morgan fingerprint density at radius 1 is 1.79 bits per heavy atom. The predicted octanol–water partition coefficient (Wildman–Crippen LogP) is 0.509. The number of hydrogen-bond acceptors (Lipinski definition) is 3. The van der Waals surface area contributed by atoms with Crippen LogP contribution in [0.25, 0.3) is 0 Å². The van der Waals surface area contributed by atoms with Crippen molar-refractivity contribution in [1.29, 1.82) is 0 Å². The van der Waals surface area contributed by atoms with Gasteiger partial charge in [-0.15, -0.1) is 0 Å². The molecule has 1 unspecified atom stereocenters. The molecular formula is C8H12ClN3O2. The highest BCUT2D eigenvalue weighted by Crippen LogP contribution is 2.26. The fourth-order valence-corrected chi connectivity index (χ4v) is 1.65. The standard InChI is InChI=1S/C8H12ClN3O2/c1-4-6(9)7(12(2)11-4)5(3-10)8(13)14/h5H,3,10H2,1-2H3,(H,13,14). The molecule has 1 aromatic rings. The molecule has 1 atom stereocenters. The van der Waals surface area contributed by atoms with E-state index in [4.69, 9.17) is 22.4 Å². The highest BCUT2D eigenvalue weighted by Gasteiger charge is 2.25. The smallest absolute Gasteiger partial charge is 0.313 e. The quantitative estimate of drug-likeness (QED) is 0.773. The molecule has 0 aliphatic heterocycles. The van der Waals surface area contributed by atoms with Crippen molar-refractivity contribution in [3.05, 3.63) is 16.4 Å². The summed E-state index contributed by atoms with van der Waals surface area (Å²) >= 11 is 5.93. The minimum absolute atomic E-state index is 0.00796. The third-order valence-electron chi connectivity index (χ3n) is 2.06. The molecule has 1 rings (SSSR count). The highest BCUT2D eigenvalue weighted by molar-refractivity contribution is 6.32. The van der Waals surface area contributed by atoms with E-state index in [2.05, 4.69) is 5.10 Å². The normalized spacial score (nSPS) is 12.9. The summed E-state index contributed by atoms with van der Waals surface area (Å²) in [6.45, 7) is 1.73. The van der Waals surface area contributed by atoms with Gasteiger partial charge in [0.2, 0.25) is 0 Å². The average molecular weight is 218 g/mol. The summed E-state index contributed by atoms with van der Waals surface area (Å²) in [5, 5.41) is 13.3. The van der Waals surface area contributed by atoms with Crippen LogP contribution in [0.5, 0.6) is 0 Å². The number of nitrogens with two attached hydrogens (primary N) is 1. The lowest BCUT2D eigenvalue weighted by molar-refractivity contribution is -0.138. The van der Waals surface area contributed by atoms with Crippen molar-refractivity contribution in [3.8, 4) is 0 Å². The number of aromatic nitrogens is 2. The fraction of sp³-hybridized carbons (Fsp3) is 0.500. The zero-order valence-corrected chi connectivity index (χ0v) is 8.75. The number of aryl methyl sites for hydroxylation is 2. The lowest BCUT2D eigenvalue weighted by Crippen LogP contribution is -2.23. The van der Waals surface area contributed by atoms with Crippen LogP contribution in [0, 0.1) is 6.92 Å². The fourth-order valence-electron chi connectivity index (χ4n) is 1.36. The second-order valence-corrected chi connectivity index (χ2v) is 3.41. The minimum atomic E-state index is -0.989. The van der Waals surface area contributed by atoms with Gasteiger partial charge in [0.1, 0.15) is 5.92 Å². The molecule has 0 aromatic carbocycles. The minimum Gasteiger partial charge on any atom is -0.481 e. The molecule has 78 valence electrons. The number of hydrogen-bond donors (Lipinski definition) is 2. The van der Waals surface area contributed by atoms with Crippen LogP contribution in [-0.4, -0.2) is 27.4 Å². The van der Waals surface area contributed by atoms with Gasteiger partial charge in [-0.3, -0.25) is 9.48 Å². The highest BCUT2D eigenvalue weighted by atomic mass is 35.5. The SMILES string of the molecule is Cc1nn(C)c(C(CN)C(=O)O)c1Cl. The predicted molar refractivity (Wildman–Crippen MR) is 52.4 cm³/mol. The Kier molecular flexibility index (Phi) is 3.13. The van der Waals surface area contributed by atoms with E-state index in [1.54, 1.807) is 14.0 Å². The Morgan fingerprint density at radius 3 is 2.64 bits per heavy atom. The summed E-state index contributed by atoms with van der Waals surface area (Å²) in [5.74, 6) is -1.79. The van der Waals surface area contributed by atoms with Gasteiger partial charge in [-0.25, -0.2) is 0 Å². The largest absolute Gasteiger partial charge is 0.481 e. The summed E-state index contributed by atoms with van der Waals surface area (Å²) in [6, 6.07) is 0. The first-order valence-electron chi connectivity index (χ1n) is 4.10. The van der Waals surface area contributed by atoms with Gasteiger partial charge in [0.25, 0.3) is 0 Å². The van der Waals surface area contributed by atoms with Crippen LogP contribution < -0.4 is 5.73 Å². The van der Waals surface area contributed by atoms with E-state index < -0.39 is 11.9 Å². The molecule has 0 saturated carbocycles. The maximum atomic E-state index is 10.9. The summed E-state index contributed by atoms with van der Waals surface area (Å²) in [6.07, 6.45) is 0. The topological polar surface area (TPSA) is 81.1 Å². The first-order chi connectivity index (χ1) is 6.49. The van der Waals surface area contributed by atoms with Gasteiger partial charge in [0.15, 0.2) is 0 Å². The van der Waals surface area contributed by atoms with Crippen molar-refractivity contribution >= 4 is 17.6 Å². The van der Waals surface area contributed by atoms with Crippen molar-refractivity contribution in [3.63, 3.8) is 0 Å². The van der Waals surface area contributed by atoms with Gasteiger partial charge in [-0.05, 0) is 6.92 Å². The summed E-state index contributed by atoms with van der Waals surface area (Å²) < 4.78 is 1.46. The third-order valence-corrected chi connectivity index (χ3v) is 2.52. The number of nitrogens with zero attached hydrogens (tertiary/aromatic N) is 2. The number of carbonyl (C=O) groups is 1. The molecular weight excluding hydrogens is 206 g/mol. The third kappa shape index (κ3) is 1.73. The first kappa shape index (κ1) is 11.0. The Morgan fingerprint density at radius 2 is 2.36 bits per heavy atom. The molecule has 1 heterocycles. The Hall–Kier alpha value is -1.07. The van der Waals surface area contributed by atoms with Crippen LogP contribution in [0.4, 0.5) is 0 Å². The van der Waals surface area contributed by atoms with Crippen molar-refractivity contribution in [2.45, 2.75) is 12.8 Å². The number of halogens is 1. The van der Waals surface area contributed by atoms with Gasteiger partial charge in [0, 0.05) is 13.6 Å². The molecule has 0 fully saturated rings. The second kappa shape index (κ2) is 3.98. The second-order valence-electron chi connectivity index (χ2n) is 3.03. The van der Waals surface area contributed by atoms with E-state index in [-0.39, 0.29) is 6.54 Å². The van der Waals surface area contributed by atoms with Gasteiger partial charge in [-0.2, -0.15) is 5.10 Å². The molecule has 0 aliphatic rings. The molecule has 14 heavy (non-hydrogen) atoms. The summed E-state index contributed by atoms with van der Waals surface area (Å²) in [7, 11) is 1.65. The molecule has 0 radical (unpaired) electrons. The number of rotatable bonds is 3. The number of aliphatic carboxylic acids is 1. The first-order valence-corrected chi connectivity index (χ1v) is 4.48. The van der Waals surface area contributed by atoms with Crippen LogP contribution in [-0.2, 0) is 11.8 Å². The van der Waals surface area contributed by atoms with Crippen molar-refractivity contribution in [2.75, 3.05) is 6.54 Å². The lowest BCUT2D eigenvalue weighted by atomic mass is 10.1. The van der Waals surface area contributed by atoms with Crippen LogP contribution >= 0.6 is 11.6 Å². The van der Waals surface area contributed by atoms with E-state index in [0.29, 0.717) is 16.4 Å². The molecule has 1 aromatic heterocycles. The van der Waals surface area contributed by atoms with E-state index in [9.17, 15) is 4.79 Å². The molecule has 0 bridgehead atoms. The van der Waals surface area contributed by atoms with Gasteiger partial charge >= 0.3 is 5.97 Å². The molecule has 6 heteroatoms. The zero-order chi connectivity index (χ0) is 10.9. The van der Waals surface area contributed by atoms with Crippen LogP contribution in [0.1, 0.15) is 17.3 Å². The lowest BCUT2D eigenvalue weighted by Gasteiger charge is -2.10. The maximum absolute atomic E-state index is 10.9. The van der Waals surface area contributed by atoms with Gasteiger partial charge in [0.05, 0.1) is 16.4 Å². The van der Waals surface area contributed by atoms with Crippen LogP contribution in [0.2, 0.25) is 5.02 Å². The Balaban J connectivity index is 3.22. The molecule has 0 spiro atoms.